The lowest BCUT2D eigenvalue weighted by molar-refractivity contribution is -0.143. The Balaban J connectivity index is 2.11. The standard InChI is InChI=1S/C20H24F3N3O4/c1-3-5-11-6-7-13-17-16(18(29)24-10-20(21,22)23)12(9-27)14(8-25(13)19(11)30)26(17)15(28)4-2/h3,5-7,12,14,16-17,27H,4,8-10H2,1-2H3,(H,24,29)/b5-3+/t12-,14-,16+,17+/m1/s1. The van der Waals surface area contributed by atoms with E-state index in [0.29, 0.717) is 11.3 Å². The highest BCUT2D eigenvalue weighted by atomic mass is 19.4. The van der Waals surface area contributed by atoms with Crippen LogP contribution in [0.3, 0.4) is 0 Å². The van der Waals surface area contributed by atoms with E-state index in [1.807, 2.05) is 5.32 Å². The predicted molar refractivity (Wildman–Crippen MR) is 102 cm³/mol. The van der Waals surface area contributed by atoms with E-state index in [1.54, 1.807) is 38.1 Å². The number of aromatic nitrogens is 1. The number of alkyl halides is 3. The van der Waals surface area contributed by atoms with Crippen molar-refractivity contribution in [3.05, 3.63) is 39.8 Å². The average molecular weight is 427 g/mol. The Kier molecular flexibility index (Phi) is 6.07. The van der Waals surface area contributed by atoms with Crippen molar-refractivity contribution in [3.8, 4) is 0 Å². The van der Waals surface area contributed by atoms with Gasteiger partial charge in [-0.05, 0) is 19.1 Å². The van der Waals surface area contributed by atoms with Gasteiger partial charge in [-0.15, -0.1) is 0 Å². The third-order valence-corrected chi connectivity index (χ3v) is 5.78. The Morgan fingerprint density at radius 2 is 2.03 bits per heavy atom. The van der Waals surface area contributed by atoms with Gasteiger partial charge in [0, 0.05) is 36.7 Å². The average Bonchev–Trinajstić information content (AvgIpc) is 2.94. The van der Waals surface area contributed by atoms with Gasteiger partial charge >= 0.3 is 6.18 Å². The van der Waals surface area contributed by atoms with Crippen LogP contribution in [0.15, 0.2) is 23.0 Å². The SMILES string of the molecule is C/C=C/c1ccc2n(c1=O)C[C@@H]1[C@@H](CO)[C@H](C(=O)NCC(F)(F)F)[C@H]2N1C(=O)CC. The van der Waals surface area contributed by atoms with E-state index in [1.165, 1.54) is 9.47 Å². The summed E-state index contributed by atoms with van der Waals surface area (Å²) in [5, 5.41) is 11.9. The van der Waals surface area contributed by atoms with Crippen molar-refractivity contribution >= 4 is 17.9 Å². The fourth-order valence-electron chi connectivity index (χ4n) is 4.56. The molecule has 10 heteroatoms. The molecule has 2 bridgehead atoms. The number of nitrogens with one attached hydrogen (secondary N) is 1. The van der Waals surface area contributed by atoms with E-state index in [2.05, 4.69) is 0 Å². The minimum Gasteiger partial charge on any atom is -0.396 e. The minimum atomic E-state index is -4.59. The maximum absolute atomic E-state index is 12.9. The first-order valence-corrected chi connectivity index (χ1v) is 9.77. The third kappa shape index (κ3) is 3.76. The Bertz CT molecular complexity index is 925. The van der Waals surface area contributed by atoms with Gasteiger partial charge in [0.2, 0.25) is 11.8 Å². The van der Waals surface area contributed by atoms with Gasteiger partial charge in [0.25, 0.3) is 5.56 Å². The van der Waals surface area contributed by atoms with E-state index in [9.17, 15) is 32.7 Å². The number of pyridine rings is 1. The van der Waals surface area contributed by atoms with Crippen LogP contribution in [0.2, 0.25) is 0 Å². The molecular formula is C20H24F3N3O4. The molecule has 164 valence electrons. The van der Waals surface area contributed by atoms with Crippen LogP contribution in [0, 0.1) is 11.8 Å². The van der Waals surface area contributed by atoms with Gasteiger partial charge in [-0.25, -0.2) is 0 Å². The number of hydrogen-bond donors (Lipinski definition) is 2. The van der Waals surface area contributed by atoms with Gasteiger partial charge in [-0.3, -0.25) is 14.4 Å². The molecule has 30 heavy (non-hydrogen) atoms. The van der Waals surface area contributed by atoms with Crippen LogP contribution in [0.5, 0.6) is 0 Å². The van der Waals surface area contributed by atoms with Crippen molar-refractivity contribution in [2.75, 3.05) is 13.2 Å². The van der Waals surface area contributed by atoms with Crippen LogP contribution >= 0.6 is 0 Å². The number of nitrogens with zero attached hydrogens (tertiary/aromatic N) is 2. The van der Waals surface area contributed by atoms with Crippen LogP contribution in [-0.4, -0.2) is 51.8 Å². The van der Waals surface area contributed by atoms with E-state index >= 15 is 0 Å². The van der Waals surface area contributed by atoms with E-state index in [0.717, 1.165) is 0 Å². The second-order valence-corrected chi connectivity index (χ2v) is 7.50. The van der Waals surface area contributed by atoms with Gasteiger partial charge < -0.3 is 19.9 Å². The molecule has 0 aliphatic carbocycles. The van der Waals surface area contributed by atoms with E-state index < -0.39 is 49.2 Å². The molecule has 0 radical (unpaired) electrons. The first-order valence-electron chi connectivity index (χ1n) is 9.77. The van der Waals surface area contributed by atoms with E-state index in [4.69, 9.17) is 0 Å². The molecule has 1 aromatic heterocycles. The molecule has 1 aromatic rings. The van der Waals surface area contributed by atoms with Gasteiger partial charge in [0.1, 0.15) is 6.54 Å². The largest absolute Gasteiger partial charge is 0.405 e. The first kappa shape index (κ1) is 22.1. The number of hydrogen-bond acceptors (Lipinski definition) is 4. The van der Waals surface area contributed by atoms with E-state index in [-0.39, 0.29) is 24.4 Å². The molecule has 1 saturated heterocycles. The highest BCUT2D eigenvalue weighted by Crippen LogP contribution is 2.48. The first-order chi connectivity index (χ1) is 14.1. The maximum atomic E-state index is 12.9. The Hall–Kier alpha value is -2.62. The summed E-state index contributed by atoms with van der Waals surface area (Å²) >= 11 is 0. The molecule has 2 aliphatic heterocycles. The summed E-state index contributed by atoms with van der Waals surface area (Å²) in [6.45, 7) is 1.47. The topological polar surface area (TPSA) is 91.6 Å². The fourth-order valence-corrected chi connectivity index (χ4v) is 4.56. The molecule has 2 amide bonds. The summed E-state index contributed by atoms with van der Waals surface area (Å²) in [4.78, 5) is 39.8. The maximum Gasteiger partial charge on any atom is 0.405 e. The number of aliphatic hydroxyl groups excluding tert-OH is 1. The number of carbonyl (C=O) groups is 2. The Morgan fingerprint density at radius 3 is 2.60 bits per heavy atom. The van der Waals surface area contributed by atoms with Crippen LogP contribution < -0.4 is 10.9 Å². The monoisotopic (exact) mass is 427 g/mol. The number of halogens is 3. The zero-order chi connectivity index (χ0) is 22.2. The zero-order valence-electron chi connectivity index (χ0n) is 16.6. The molecule has 0 aromatic carbocycles. The molecule has 1 fully saturated rings. The highest BCUT2D eigenvalue weighted by Gasteiger charge is 2.57. The normalized spacial score (nSPS) is 25.5. The molecule has 4 atom stereocenters. The molecule has 0 unspecified atom stereocenters. The molecule has 0 spiro atoms. The molecule has 7 nitrogen and oxygen atoms in total. The second-order valence-electron chi connectivity index (χ2n) is 7.50. The Labute approximate surface area is 171 Å². The molecular weight excluding hydrogens is 403 g/mol. The summed E-state index contributed by atoms with van der Waals surface area (Å²) < 4.78 is 39.4. The summed E-state index contributed by atoms with van der Waals surface area (Å²) in [7, 11) is 0. The number of allylic oxidation sites excluding steroid dienone is 1. The van der Waals surface area contributed by atoms with Crippen molar-refractivity contribution in [1.29, 1.82) is 0 Å². The number of carbonyl (C=O) groups excluding carboxylic acids is 2. The third-order valence-electron chi connectivity index (χ3n) is 5.78. The van der Waals surface area contributed by atoms with Crippen molar-refractivity contribution in [2.45, 2.75) is 45.1 Å². The lowest BCUT2D eigenvalue weighted by Crippen LogP contribution is -2.49. The smallest absolute Gasteiger partial charge is 0.396 e. The zero-order valence-corrected chi connectivity index (χ0v) is 16.6. The number of aliphatic hydroxyl groups is 1. The molecule has 2 aliphatic rings. The molecule has 3 heterocycles. The van der Waals surface area contributed by atoms with Crippen molar-refractivity contribution in [2.24, 2.45) is 11.8 Å². The summed E-state index contributed by atoms with van der Waals surface area (Å²) in [5.41, 5.74) is 0.501. The molecule has 0 saturated carbocycles. The predicted octanol–water partition coefficient (Wildman–Crippen LogP) is 1.46. The highest BCUT2D eigenvalue weighted by molar-refractivity contribution is 5.84. The Morgan fingerprint density at radius 1 is 1.33 bits per heavy atom. The lowest BCUT2D eigenvalue weighted by Gasteiger charge is -2.38. The van der Waals surface area contributed by atoms with Crippen molar-refractivity contribution in [1.82, 2.24) is 14.8 Å². The number of rotatable bonds is 5. The number of fused-ring (bicyclic) bond motifs is 4. The molecule has 3 rings (SSSR count). The minimum absolute atomic E-state index is 0.0656. The second kappa shape index (κ2) is 8.25. The lowest BCUT2D eigenvalue weighted by atomic mass is 9.86. The fraction of sp³-hybridized carbons (Fsp3) is 0.550. The van der Waals surface area contributed by atoms with Crippen molar-refractivity contribution < 1.29 is 27.9 Å². The van der Waals surface area contributed by atoms with Crippen molar-refractivity contribution in [3.63, 3.8) is 0 Å². The van der Waals surface area contributed by atoms with Gasteiger partial charge in [-0.2, -0.15) is 13.2 Å². The van der Waals surface area contributed by atoms with Gasteiger partial charge in [0.05, 0.1) is 18.0 Å². The quantitative estimate of drug-likeness (QED) is 0.744. The summed E-state index contributed by atoms with van der Waals surface area (Å²) in [5.74, 6) is -3.07. The molecule has 2 N–H and O–H groups in total. The van der Waals surface area contributed by atoms with Crippen LogP contribution in [0.4, 0.5) is 13.2 Å². The summed E-state index contributed by atoms with van der Waals surface area (Å²) in [6.07, 6.45) is -1.12. The van der Waals surface area contributed by atoms with Crippen LogP contribution in [-0.2, 0) is 16.1 Å². The summed E-state index contributed by atoms with van der Waals surface area (Å²) in [6, 6.07) is 1.60. The van der Waals surface area contributed by atoms with Crippen LogP contribution in [0.25, 0.3) is 6.08 Å². The van der Waals surface area contributed by atoms with Crippen LogP contribution in [0.1, 0.15) is 37.6 Å². The van der Waals surface area contributed by atoms with Gasteiger partial charge in [-0.1, -0.05) is 19.1 Å². The van der Waals surface area contributed by atoms with Gasteiger partial charge in [0.15, 0.2) is 0 Å². The number of amides is 2.